The van der Waals surface area contributed by atoms with E-state index in [9.17, 15) is 0 Å². The van der Waals surface area contributed by atoms with Gasteiger partial charge in [-0.15, -0.1) is 0 Å². The van der Waals surface area contributed by atoms with Crippen LogP contribution in [-0.2, 0) is 0 Å². The molecule has 6 nitrogen and oxygen atoms in total. The molecule has 4 N–H and O–H groups in total. The lowest BCUT2D eigenvalue weighted by Crippen LogP contribution is -2.24. The van der Waals surface area contributed by atoms with Crippen LogP contribution in [0.2, 0.25) is 0 Å². The highest BCUT2D eigenvalue weighted by molar-refractivity contribution is 5.58. The summed E-state index contributed by atoms with van der Waals surface area (Å²) in [4.78, 5) is 11.0. The smallest absolute Gasteiger partial charge is 0.148 e. The zero-order valence-corrected chi connectivity index (χ0v) is 11.0. The number of nitrogens with one attached hydrogen (secondary N) is 1. The monoisotopic (exact) mass is 251 g/mol. The molecule has 6 heteroatoms. The average molecular weight is 251 g/mol. The minimum Gasteiger partial charge on any atom is -0.396 e. The predicted octanol–water partition coefficient (Wildman–Crippen LogP) is 0.588. The molecule has 18 heavy (non-hydrogen) atoms. The van der Waals surface area contributed by atoms with Crippen LogP contribution in [0.5, 0.6) is 0 Å². The number of hydrogen-bond donors (Lipinski definition) is 3. The number of aliphatic hydroxyl groups is 1. The van der Waals surface area contributed by atoms with Crippen LogP contribution in [0.15, 0.2) is 0 Å². The van der Waals surface area contributed by atoms with Gasteiger partial charge in [0.15, 0.2) is 0 Å². The molecule has 100 valence electrons. The van der Waals surface area contributed by atoms with Gasteiger partial charge < -0.3 is 15.4 Å². The molecule has 1 aliphatic rings. The lowest BCUT2D eigenvalue weighted by atomic mass is 10.1. The summed E-state index contributed by atoms with van der Waals surface area (Å²) in [5.74, 6) is 8.38. The molecule has 2 rings (SSSR count). The number of hydrogen-bond acceptors (Lipinski definition) is 6. The van der Waals surface area contributed by atoms with Crippen LogP contribution < -0.4 is 16.2 Å². The molecule has 0 bridgehead atoms. The van der Waals surface area contributed by atoms with Gasteiger partial charge in [-0.25, -0.2) is 15.8 Å². The Bertz CT molecular complexity index is 423. The summed E-state index contributed by atoms with van der Waals surface area (Å²) >= 11 is 0. The molecule has 0 radical (unpaired) electrons. The van der Waals surface area contributed by atoms with E-state index in [1.165, 1.54) is 0 Å². The molecule has 0 aliphatic carbocycles. The maximum Gasteiger partial charge on any atom is 0.148 e. The second kappa shape index (κ2) is 5.49. The quantitative estimate of drug-likeness (QED) is 0.536. The van der Waals surface area contributed by atoms with Crippen molar-refractivity contribution >= 4 is 11.6 Å². The molecule has 0 spiro atoms. The van der Waals surface area contributed by atoms with Crippen LogP contribution in [0.1, 0.15) is 24.2 Å². The number of aromatic nitrogens is 2. The van der Waals surface area contributed by atoms with Crippen LogP contribution in [-0.4, -0.2) is 34.8 Å². The molecule has 1 aromatic heterocycles. The molecule has 1 aliphatic heterocycles. The van der Waals surface area contributed by atoms with Crippen LogP contribution in [0.25, 0.3) is 0 Å². The summed E-state index contributed by atoms with van der Waals surface area (Å²) in [6, 6.07) is 0. The number of anilines is 2. The fraction of sp³-hybridized carbons (Fsp3) is 0.667. The highest BCUT2D eigenvalue weighted by Crippen LogP contribution is 2.29. The fourth-order valence-electron chi connectivity index (χ4n) is 2.51. The lowest BCUT2D eigenvalue weighted by Gasteiger charge is -2.21. The Balaban J connectivity index is 2.21. The van der Waals surface area contributed by atoms with E-state index >= 15 is 0 Å². The first-order valence-corrected chi connectivity index (χ1v) is 6.33. The Hall–Kier alpha value is -1.40. The normalized spacial score (nSPS) is 19.3. The topological polar surface area (TPSA) is 87.3 Å². The highest BCUT2D eigenvalue weighted by atomic mass is 16.3. The van der Waals surface area contributed by atoms with Gasteiger partial charge in [-0.1, -0.05) is 0 Å². The SMILES string of the molecule is Cc1nc(NN)c(C)c(N2CCC(CCO)C2)n1. The van der Waals surface area contributed by atoms with Gasteiger partial charge in [0.1, 0.15) is 17.5 Å². The van der Waals surface area contributed by atoms with Crippen LogP contribution in [0, 0.1) is 19.8 Å². The van der Waals surface area contributed by atoms with E-state index in [1.54, 1.807) is 0 Å². The van der Waals surface area contributed by atoms with Crippen LogP contribution >= 0.6 is 0 Å². The van der Waals surface area contributed by atoms with Gasteiger partial charge >= 0.3 is 0 Å². The molecule has 1 atom stereocenters. The van der Waals surface area contributed by atoms with Crippen molar-refractivity contribution < 1.29 is 5.11 Å². The van der Waals surface area contributed by atoms with Crippen LogP contribution in [0.3, 0.4) is 0 Å². The van der Waals surface area contributed by atoms with E-state index < -0.39 is 0 Å². The number of aryl methyl sites for hydroxylation is 1. The van der Waals surface area contributed by atoms with E-state index in [0.29, 0.717) is 17.6 Å². The first kappa shape index (κ1) is 13.0. The number of hydrazine groups is 1. The summed E-state index contributed by atoms with van der Waals surface area (Å²) in [6.07, 6.45) is 1.97. The Labute approximate surface area is 107 Å². The molecular weight excluding hydrogens is 230 g/mol. The second-order valence-electron chi connectivity index (χ2n) is 4.83. The summed E-state index contributed by atoms with van der Waals surface area (Å²) in [6.45, 7) is 6.03. The molecule has 1 fully saturated rings. The standard InChI is InChI=1S/C12H21N5O/c1-8-11(16-13)14-9(2)15-12(8)17-5-3-10(7-17)4-6-18/h10,18H,3-7,13H2,1-2H3,(H,14,15,16). The summed E-state index contributed by atoms with van der Waals surface area (Å²) in [5.41, 5.74) is 3.60. The van der Waals surface area contributed by atoms with Crippen molar-refractivity contribution in [2.45, 2.75) is 26.7 Å². The Morgan fingerprint density at radius 3 is 2.89 bits per heavy atom. The molecule has 1 aromatic rings. The largest absolute Gasteiger partial charge is 0.396 e. The van der Waals surface area contributed by atoms with Gasteiger partial charge in [0.05, 0.1) is 0 Å². The van der Waals surface area contributed by atoms with E-state index in [2.05, 4.69) is 20.3 Å². The lowest BCUT2D eigenvalue weighted by molar-refractivity contribution is 0.263. The third kappa shape index (κ3) is 2.54. The van der Waals surface area contributed by atoms with Gasteiger partial charge in [0.25, 0.3) is 0 Å². The maximum atomic E-state index is 8.99. The molecule has 2 heterocycles. The van der Waals surface area contributed by atoms with Crippen molar-refractivity contribution in [3.63, 3.8) is 0 Å². The molecule has 1 unspecified atom stereocenters. The van der Waals surface area contributed by atoms with Gasteiger partial charge in [-0.3, -0.25) is 0 Å². The summed E-state index contributed by atoms with van der Waals surface area (Å²) < 4.78 is 0. The molecule has 0 amide bonds. The van der Waals surface area contributed by atoms with E-state index in [0.717, 1.165) is 37.3 Å². The first-order valence-electron chi connectivity index (χ1n) is 6.33. The maximum absolute atomic E-state index is 8.99. The van der Waals surface area contributed by atoms with Crippen molar-refractivity contribution in [1.29, 1.82) is 0 Å². The molecule has 1 saturated heterocycles. The third-order valence-electron chi connectivity index (χ3n) is 3.49. The first-order chi connectivity index (χ1) is 8.65. The van der Waals surface area contributed by atoms with Gasteiger partial charge in [-0.2, -0.15) is 0 Å². The average Bonchev–Trinajstić information content (AvgIpc) is 2.80. The van der Waals surface area contributed by atoms with Crippen molar-refractivity contribution in [2.24, 2.45) is 11.8 Å². The Morgan fingerprint density at radius 2 is 2.22 bits per heavy atom. The summed E-state index contributed by atoms with van der Waals surface area (Å²) in [5, 5.41) is 8.99. The number of nitrogens with zero attached hydrogens (tertiary/aromatic N) is 3. The third-order valence-corrected chi connectivity index (χ3v) is 3.49. The minimum atomic E-state index is 0.260. The van der Waals surface area contributed by atoms with Crippen molar-refractivity contribution in [1.82, 2.24) is 9.97 Å². The Kier molecular flexibility index (Phi) is 3.98. The van der Waals surface area contributed by atoms with E-state index in [1.807, 2.05) is 13.8 Å². The van der Waals surface area contributed by atoms with E-state index in [4.69, 9.17) is 10.9 Å². The van der Waals surface area contributed by atoms with E-state index in [-0.39, 0.29) is 6.61 Å². The number of aliphatic hydroxyl groups excluding tert-OH is 1. The molecular formula is C12H21N5O. The zero-order valence-electron chi connectivity index (χ0n) is 11.0. The second-order valence-corrected chi connectivity index (χ2v) is 4.83. The number of nitrogens with two attached hydrogens (primary N) is 1. The number of nitrogen functional groups attached to an aromatic ring is 1. The number of rotatable bonds is 4. The molecule has 0 aromatic carbocycles. The zero-order chi connectivity index (χ0) is 13.1. The molecule has 0 saturated carbocycles. The van der Waals surface area contributed by atoms with Crippen LogP contribution in [0.4, 0.5) is 11.6 Å². The van der Waals surface area contributed by atoms with Crippen molar-refractivity contribution in [3.8, 4) is 0 Å². The van der Waals surface area contributed by atoms with Gasteiger partial charge in [0, 0.05) is 25.3 Å². The van der Waals surface area contributed by atoms with Crippen molar-refractivity contribution in [2.75, 3.05) is 30.0 Å². The Morgan fingerprint density at radius 1 is 1.44 bits per heavy atom. The highest BCUT2D eigenvalue weighted by Gasteiger charge is 2.25. The van der Waals surface area contributed by atoms with Gasteiger partial charge in [-0.05, 0) is 32.6 Å². The minimum absolute atomic E-state index is 0.260. The predicted molar refractivity (Wildman–Crippen MR) is 71.3 cm³/mol. The summed E-state index contributed by atoms with van der Waals surface area (Å²) in [7, 11) is 0. The van der Waals surface area contributed by atoms with Gasteiger partial charge in [0.2, 0.25) is 0 Å². The fourth-order valence-corrected chi connectivity index (χ4v) is 2.51. The van der Waals surface area contributed by atoms with Crippen molar-refractivity contribution in [3.05, 3.63) is 11.4 Å².